The number of anilines is 2. The number of carbonyl (C=O) groups excluding carboxylic acids is 1. The van der Waals surface area contributed by atoms with E-state index in [0.717, 1.165) is 31.7 Å². The van der Waals surface area contributed by atoms with Crippen LogP contribution < -0.4 is 9.62 Å². The van der Waals surface area contributed by atoms with Gasteiger partial charge >= 0.3 is 0 Å². The number of carbonyl (C=O) groups is 1. The van der Waals surface area contributed by atoms with Gasteiger partial charge in [0.05, 0.1) is 35.5 Å². The molecule has 1 aromatic heterocycles. The SMILES string of the molecule is CC(=O)Nc1ccccc1N(CC(O)Cn1c2ccc(Cl)cc2c2cc(Cl)ccc21)S(=O)(=O)c1ccc(C)cc1. The highest BCUT2D eigenvalue weighted by Gasteiger charge is 2.29. The van der Waals surface area contributed by atoms with E-state index in [0.29, 0.717) is 15.7 Å². The first-order chi connectivity index (χ1) is 19.0. The number of hydrogen-bond acceptors (Lipinski definition) is 4. The van der Waals surface area contributed by atoms with Gasteiger partial charge in [0.15, 0.2) is 0 Å². The molecule has 7 nitrogen and oxygen atoms in total. The van der Waals surface area contributed by atoms with Crippen LogP contribution in [0.2, 0.25) is 10.0 Å². The highest BCUT2D eigenvalue weighted by molar-refractivity contribution is 7.92. The summed E-state index contributed by atoms with van der Waals surface area (Å²) in [6.45, 7) is 3.04. The first-order valence-electron chi connectivity index (χ1n) is 12.6. The maximum Gasteiger partial charge on any atom is 0.264 e. The molecule has 10 heteroatoms. The number of halogens is 2. The van der Waals surface area contributed by atoms with Crippen LogP contribution in [-0.2, 0) is 21.4 Å². The van der Waals surface area contributed by atoms with Crippen molar-refractivity contribution in [3.63, 3.8) is 0 Å². The number of aliphatic hydroxyl groups is 1. The number of hydrogen-bond donors (Lipinski definition) is 2. The third-order valence-corrected chi connectivity index (χ3v) is 8.92. The molecule has 5 aromatic rings. The Labute approximate surface area is 242 Å². The second-order valence-corrected chi connectivity index (χ2v) is 12.4. The quantitative estimate of drug-likeness (QED) is 0.211. The fourth-order valence-corrected chi connectivity index (χ4v) is 6.72. The van der Waals surface area contributed by atoms with Gasteiger partial charge in [-0.2, -0.15) is 0 Å². The van der Waals surface area contributed by atoms with Gasteiger partial charge in [-0.3, -0.25) is 9.10 Å². The molecule has 0 bridgehead atoms. The molecule has 0 spiro atoms. The van der Waals surface area contributed by atoms with Gasteiger partial charge in [-0.25, -0.2) is 8.42 Å². The number of nitrogens with zero attached hydrogens (tertiary/aromatic N) is 2. The molecular weight excluding hydrogens is 569 g/mol. The van der Waals surface area contributed by atoms with Crippen LogP contribution in [0, 0.1) is 6.92 Å². The first-order valence-corrected chi connectivity index (χ1v) is 14.8. The van der Waals surface area contributed by atoms with Gasteiger partial charge in [0.25, 0.3) is 10.0 Å². The number of aryl methyl sites for hydroxylation is 1. The van der Waals surface area contributed by atoms with E-state index in [4.69, 9.17) is 23.2 Å². The van der Waals surface area contributed by atoms with Crippen LogP contribution in [0.4, 0.5) is 11.4 Å². The number of benzene rings is 4. The molecule has 40 heavy (non-hydrogen) atoms. The molecule has 0 saturated carbocycles. The number of fused-ring (bicyclic) bond motifs is 3. The number of rotatable bonds is 8. The lowest BCUT2D eigenvalue weighted by Crippen LogP contribution is -2.39. The number of sulfonamides is 1. The Morgan fingerprint density at radius 3 is 2.08 bits per heavy atom. The summed E-state index contributed by atoms with van der Waals surface area (Å²) < 4.78 is 31.0. The number of aliphatic hydroxyl groups excluding tert-OH is 1. The maximum atomic E-state index is 14.0. The largest absolute Gasteiger partial charge is 0.389 e. The summed E-state index contributed by atoms with van der Waals surface area (Å²) >= 11 is 12.6. The van der Waals surface area contributed by atoms with Crippen molar-refractivity contribution in [1.29, 1.82) is 0 Å². The molecule has 0 saturated heterocycles. The van der Waals surface area contributed by atoms with Gasteiger partial charge in [-0.1, -0.05) is 53.0 Å². The third-order valence-electron chi connectivity index (χ3n) is 6.65. The summed E-state index contributed by atoms with van der Waals surface area (Å²) in [6, 6.07) is 24.1. The van der Waals surface area contributed by atoms with Crippen LogP contribution in [0.5, 0.6) is 0 Å². The molecule has 206 valence electrons. The van der Waals surface area contributed by atoms with Gasteiger partial charge in [0.2, 0.25) is 5.91 Å². The van der Waals surface area contributed by atoms with E-state index in [9.17, 15) is 18.3 Å². The van der Waals surface area contributed by atoms with Crippen molar-refractivity contribution in [2.45, 2.75) is 31.4 Å². The first kappa shape index (κ1) is 28.0. The van der Waals surface area contributed by atoms with Crippen molar-refractivity contribution < 1.29 is 18.3 Å². The van der Waals surface area contributed by atoms with Crippen molar-refractivity contribution >= 4 is 72.3 Å². The van der Waals surface area contributed by atoms with E-state index in [1.807, 2.05) is 35.8 Å². The van der Waals surface area contributed by atoms with E-state index in [1.54, 1.807) is 48.5 Å². The second kappa shape index (κ2) is 11.1. The van der Waals surface area contributed by atoms with Crippen LogP contribution >= 0.6 is 23.2 Å². The Hall–Kier alpha value is -3.56. The second-order valence-electron chi connectivity index (χ2n) is 9.63. The van der Waals surface area contributed by atoms with Gasteiger partial charge in [-0.05, 0) is 67.6 Å². The average molecular weight is 597 g/mol. The van der Waals surface area contributed by atoms with E-state index in [2.05, 4.69) is 5.32 Å². The molecule has 0 aliphatic heterocycles. The molecule has 1 atom stereocenters. The minimum atomic E-state index is -4.12. The smallest absolute Gasteiger partial charge is 0.264 e. The molecule has 2 N–H and O–H groups in total. The average Bonchev–Trinajstić information content (AvgIpc) is 3.19. The molecule has 1 amide bonds. The minimum absolute atomic E-state index is 0.0732. The number of nitrogens with one attached hydrogen (secondary N) is 1. The highest BCUT2D eigenvalue weighted by atomic mass is 35.5. The third kappa shape index (κ3) is 5.53. The molecule has 0 radical (unpaired) electrons. The summed E-state index contributed by atoms with van der Waals surface area (Å²) in [5.74, 6) is -0.344. The molecule has 0 fully saturated rings. The van der Waals surface area contributed by atoms with E-state index >= 15 is 0 Å². The number of amides is 1. The highest BCUT2D eigenvalue weighted by Crippen LogP contribution is 2.34. The summed E-state index contributed by atoms with van der Waals surface area (Å²) in [6.07, 6.45) is -1.13. The molecule has 4 aromatic carbocycles. The monoisotopic (exact) mass is 595 g/mol. The van der Waals surface area contributed by atoms with Crippen LogP contribution in [0.15, 0.2) is 89.8 Å². The molecule has 0 aliphatic rings. The van der Waals surface area contributed by atoms with E-state index < -0.39 is 16.1 Å². The zero-order chi connectivity index (χ0) is 28.6. The Bertz CT molecular complexity index is 1780. The van der Waals surface area contributed by atoms with Gasteiger partial charge < -0.3 is 15.0 Å². The molecule has 0 aliphatic carbocycles. The molecule has 1 unspecified atom stereocenters. The van der Waals surface area contributed by atoms with Crippen molar-refractivity contribution in [1.82, 2.24) is 4.57 Å². The zero-order valence-electron chi connectivity index (χ0n) is 21.8. The standard InChI is InChI=1S/C30H27Cl2N3O4S/c1-19-7-11-24(12-8-19)40(38,39)35(30-6-4-3-5-27(30)33-20(2)36)18-23(37)17-34-28-13-9-21(31)15-25(28)26-16-22(32)10-14-29(26)34/h3-16,23,37H,17-18H2,1-2H3,(H,33,36). The summed E-state index contributed by atoms with van der Waals surface area (Å²) in [4.78, 5) is 12.0. The Balaban J connectivity index is 1.58. The van der Waals surface area contributed by atoms with Crippen molar-refractivity contribution in [3.8, 4) is 0 Å². The van der Waals surface area contributed by atoms with Gasteiger partial charge in [-0.15, -0.1) is 0 Å². The van der Waals surface area contributed by atoms with Crippen LogP contribution in [0.1, 0.15) is 12.5 Å². The lowest BCUT2D eigenvalue weighted by Gasteiger charge is -2.29. The maximum absolute atomic E-state index is 14.0. The van der Waals surface area contributed by atoms with Gasteiger partial charge in [0.1, 0.15) is 0 Å². The zero-order valence-corrected chi connectivity index (χ0v) is 24.1. The summed E-state index contributed by atoms with van der Waals surface area (Å²) in [5.41, 5.74) is 3.13. The summed E-state index contributed by atoms with van der Waals surface area (Å²) in [7, 11) is -4.12. The number of aromatic nitrogens is 1. The van der Waals surface area contributed by atoms with Crippen molar-refractivity contribution in [3.05, 3.63) is 101 Å². The fraction of sp³-hybridized carbons (Fsp3) is 0.167. The van der Waals surface area contributed by atoms with E-state index in [1.165, 1.54) is 19.1 Å². The minimum Gasteiger partial charge on any atom is -0.389 e. The predicted octanol–water partition coefficient (Wildman–Crippen LogP) is 6.62. The van der Waals surface area contributed by atoms with Crippen molar-refractivity contribution in [2.24, 2.45) is 0 Å². The summed E-state index contributed by atoms with van der Waals surface area (Å²) in [5, 5.41) is 17.0. The van der Waals surface area contributed by atoms with Crippen LogP contribution in [0.3, 0.4) is 0 Å². The predicted molar refractivity (Wildman–Crippen MR) is 162 cm³/mol. The fourth-order valence-electron chi connectivity index (χ4n) is 4.85. The van der Waals surface area contributed by atoms with Crippen LogP contribution in [-0.4, -0.2) is 36.6 Å². The topological polar surface area (TPSA) is 91.6 Å². The van der Waals surface area contributed by atoms with Crippen molar-refractivity contribution in [2.75, 3.05) is 16.2 Å². The van der Waals surface area contributed by atoms with Crippen LogP contribution in [0.25, 0.3) is 21.8 Å². The van der Waals surface area contributed by atoms with Gasteiger partial charge in [0, 0.05) is 38.8 Å². The molecule has 1 heterocycles. The Kier molecular flexibility index (Phi) is 7.79. The number of para-hydroxylation sites is 2. The Morgan fingerprint density at radius 2 is 1.50 bits per heavy atom. The lowest BCUT2D eigenvalue weighted by molar-refractivity contribution is -0.114. The molecular formula is C30H27Cl2N3O4S. The lowest BCUT2D eigenvalue weighted by atomic mass is 10.1. The normalized spacial score (nSPS) is 12.5. The van der Waals surface area contributed by atoms with E-state index in [-0.39, 0.29) is 29.6 Å². The molecule has 5 rings (SSSR count). The Morgan fingerprint density at radius 1 is 0.925 bits per heavy atom.